The van der Waals surface area contributed by atoms with Crippen molar-refractivity contribution in [3.63, 3.8) is 0 Å². The largest absolute Gasteiger partial charge is 0.468 e. The molecular weight excluding hydrogens is 264 g/mol. The number of hydrogen-bond donors (Lipinski definition) is 2. The molecule has 0 amide bonds. The molecule has 0 aromatic heterocycles. The van der Waals surface area contributed by atoms with Crippen molar-refractivity contribution in [1.82, 2.24) is 5.32 Å². The topological polar surface area (TPSA) is 64.3 Å². The fourth-order valence-electron chi connectivity index (χ4n) is 1.82. The van der Waals surface area contributed by atoms with Crippen LogP contribution >= 0.6 is 11.6 Å². The minimum Gasteiger partial charge on any atom is -0.468 e. The molecule has 0 saturated heterocycles. The molecule has 0 radical (unpaired) electrons. The van der Waals surface area contributed by atoms with Crippen LogP contribution in [0.3, 0.4) is 0 Å². The quantitative estimate of drug-likeness (QED) is 0.780. The van der Waals surface area contributed by atoms with Gasteiger partial charge in [0.25, 0.3) is 0 Å². The Morgan fingerprint density at radius 2 is 2.21 bits per heavy atom. The lowest BCUT2D eigenvalue weighted by Crippen LogP contribution is -2.44. The molecule has 19 heavy (non-hydrogen) atoms. The highest BCUT2D eigenvalue weighted by molar-refractivity contribution is 6.30. The summed E-state index contributed by atoms with van der Waals surface area (Å²) < 4.78 is 4.81. The van der Waals surface area contributed by atoms with Crippen molar-refractivity contribution in [3.05, 3.63) is 34.3 Å². The zero-order valence-corrected chi connectivity index (χ0v) is 12.3. The van der Waals surface area contributed by atoms with Crippen LogP contribution in [-0.4, -0.2) is 31.7 Å². The zero-order valence-electron chi connectivity index (χ0n) is 11.6. The number of carbonyl (C=O) groups is 1. The molecule has 5 heteroatoms. The number of hydrogen-bond acceptors (Lipinski definition) is 4. The van der Waals surface area contributed by atoms with Gasteiger partial charge in [0, 0.05) is 17.6 Å². The molecule has 106 valence electrons. The second kappa shape index (κ2) is 7.48. The average molecular weight is 285 g/mol. The van der Waals surface area contributed by atoms with E-state index in [-0.39, 0.29) is 12.0 Å². The predicted molar refractivity (Wildman–Crippen MR) is 77.3 cm³/mol. The van der Waals surface area contributed by atoms with Gasteiger partial charge in [0.1, 0.15) is 6.04 Å². The molecule has 1 rings (SSSR count). The lowest BCUT2D eigenvalue weighted by atomic mass is 10.0. The number of halogens is 1. The summed E-state index contributed by atoms with van der Waals surface area (Å²) in [6, 6.07) is 5.23. The highest BCUT2D eigenvalue weighted by Crippen LogP contribution is 2.17. The van der Waals surface area contributed by atoms with Crippen LogP contribution in [0.4, 0.5) is 0 Å². The van der Waals surface area contributed by atoms with Gasteiger partial charge in [0.15, 0.2) is 0 Å². The fraction of sp³-hybridized carbons (Fsp3) is 0.500. The summed E-state index contributed by atoms with van der Waals surface area (Å²) >= 11 is 5.92. The second-order valence-electron chi connectivity index (χ2n) is 4.74. The first-order valence-electron chi connectivity index (χ1n) is 6.26. The van der Waals surface area contributed by atoms with Crippen molar-refractivity contribution in [1.29, 1.82) is 0 Å². The number of nitrogens with two attached hydrogens (primary N) is 1. The maximum Gasteiger partial charge on any atom is 0.323 e. The monoisotopic (exact) mass is 284 g/mol. The van der Waals surface area contributed by atoms with Gasteiger partial charge in [0.2, 0.25) is 0 Å². The van der Waals surface area contributed by atoms with Gasteiger partial charge in [0.05, 0.1) is 7.11 Å². The number of nitrogens with one attached hydrogen (secondary N) is 1. The second-order valence-corrected chi connectivity index (χ2v) is 5.17. The van der Waals surface area contributed by atoms with Gasteiger partial charge >= 0.3 is 5.97 Å². The van der Waals surface area contributed by atoms with E-state index >= 15 is 0 Å². The molecule has 0 bridgehead atoms. The van der Waals surface area contributed by atoms with Crippen molar-refractivity contribution in [2.24, 2.45) is 5.73 Å². The molecule has 1 aromatic carbocycles. The lowest BCUT2D eigenvalue weighted by molar-refractivity contribution is -0.143. The first-order chi connectivity index (χ1) is 8.93. The number of ether oxygens (including phenoxy) is 1. The van der Waals surface area contributed by atoms with Crippen molar-refractivity contribution < 1.29 is 9.53 Å². The molecule has 4 nitrogen and oxygen atoms in total. The SMILES string of the molecule is COC(=O)[C@H](Cc1ccc(Cl)cc1C)NC[C@H](C)N. The van der Waals surface area contributed by atoms with E-state index in [1.807, 2.05) is 32.0 Å². The molecule has 0 unspecified atom stereocenters. The number of rotatable bonds is 6. The van der Waals surface area contributed by atoms with Gasteiger partial charge in [-0.15, -0.1) is 0 Å². The van der Waals surface area contributed by atoms with Crippen molar-refractivity contribution in [2.75, 3.05) is 13.7 Å². The van der Waals surface area contributed by atoms with E-state index in [4.69, 9.17) is 22.1 Å². The Balaban J connectivity index is 2.78. The highest BCUT2D eigenvalue weighted by Gasteiger charge is 2.20. The first kappa shape index (κ1) is 16.0. The molecular formula is C14H21ClN2O2. The molecule has 0 aliphatic heterocycles. The van der Waals surface area contributed by atoms with E-state index < -0.39 is 6.04 Å². The number of carbonyl (C=O) groups excluding carboxylic acids is 1. The Kier molecular flexibility index (Phi) is 6.28. The normalized spacial score (nSPS) is 13.9. The van der Waals surface area contributed by atoms with Crippen LogP contribution in [0.1, 0.15) is 18.1 Å². The minimum atomic E-state index is -0.393. The molecule has 0 aliphatic rings. The Morgan fingerprint density at radius 1 is 1.53 bits per heavy atom. The minimum absolute atomic E-state index is 0.0153. The number of esters is 1. The Morgan fingerprint density at radius 3 is 2.74 bits per heavy atom. The van der Waals surface area contributed by atoms with E-state index in [9.17, 15) is 4.79 Å². The summed E-state index contributed by atoms with van der Waals surface area (Å²) in [7, 11) is 1.39. The number of benzene rings is 1. The number of methoxy groups -OCH3 is 1. The Hall–Kier alpha value is -1.10. The fourth-order valence-corrected chi connectivity index (χ4v) is 2.04. The summed E-state index contributed by atoms with van der Waals surface area (Å²) in [5.41, 5.74) is 7.82. The molecule has 0 heterocycles. The third-order valence-corrected chi connectivity index (χ3v) is 3.14. The maximum absolute atomic E-state index is 11.8. The van der Waals surface area contributed by atoms with E-state index in [2.05, 4.69) is 5.32 Å². The Bertz CT molecular complexity index is 435. The van der Waals surface area contributed by atoms with Crippen LogP contribution in [0, 0.1) is 6.92 Å². The van der Waals surface area contributed by atoms with Crippen LogP contribution in [0.2, 0.25) is 5.02 Å². The molecule has 0 spiro atoms. The van der Waals surface area contributed by atoms with Crippen LogP contribution in [0.5, 0.6) is 0 Å². The summed E-state index contributed by atoms with van der Waals surface area (Å²) in [4.78, 5) is 11.8. The number of aryl methyl sites for hydroxylation is 1. The van der Waals surface area contributed by atoms with Gasteiger partial charge in [-0.3, -0.25) is 4.79 Å². The smallest absolute Gasteiger partial charge is 0.323 e. The summed E-state index contributed by atoms with van der Waals surface area (Å²) in [6.45, 7) is 4.42. The van der Waals surface area contributed by atoms with Gasteiger partial charge in [-0.2, -0.15) is 0 Å². The third kappa shape index (κ3) is 5.19. The molecule has 3 N–H and O–H groups in total. The van der Waals surface area contributed by atoms with Crippen molar-refractivity contribution in [3.8, 4) is 0 Å². The maximum atomic E-state index is 11.8. The van der Waals surface area contributed by atoms with Gasteiger partial charge in [-0.1, -0.05) is 17.7 Å². The van der Waals surface area contributed by atoms with Crippen molar-refractivity contribution in [2.45, 2.75) is 32.4 Å². The van der Waals surface area contributed by atoms with Gasteiger partial charge < -0.3 is 15.8 Å². The average Bonchev–Trinajstić information content (AvgIpc) is 2.35. The van der Waals surface area contributed by atoms with E-state index in [0.717, 1.165) is 11.1 Å². The zero-order chi connectivity index (χ0) is 14.4. The molecule has 0 aliphatic carbocycles. The van der Waals surface area contributed by atoms with Crippen LogP contribution in [0.25, 0.3) is 0 Å². The van der Waals surface area contributed by atoms with Crippen LogP contribution in [0.15, 0.2) is 18.2 Å². The van der Waals surface area contributed by atoms with Gasteiger partial charge in [-0.05, 0) is 43.5 Å². The van der Waals surface area contributed by atoms with Crippen molar-refractivity contribution >= 4 is 17.6 Å². The summed E-state index contributed by atoms with van der Waals surface area (Å²) in [5, 5.41) is 3.82. The Labute approximate surface area is 119 Å². The molecule has 0 fully saturated rings. The molecule has 1 aromatic rings. The van der Waals surface area contributed by atoms with E-state index in [1.165, 1.54) is 7.11 Å². The third-order valence-electron chi connectivity index (χ3n) is 2.90. The standard InChI is InChI=1S/C14H21ClN2O2/c1-9-6-12(15)5-4-11(9)7-13(14(18)19-3)17-8-10(2)16/h4-6,10,13,17H,7-8,16H2,1-3H3/t10-,13-/m0/s1. The van der Waals surface area contributed by atoms with E-state index in [0.29, 0.717) is 18.0 Å². The molecule has 2 atom stereocenters. The van der Waals surface area contributed by atoms with Crippen LogP contribution in [-0.2, 0) is 16.0 Å². The highest BCUT2D eigenvalue weighted by atomic mass is 35.5. The van der Waals surface area contributed by atoms with E-state index in [1.54, 1.807) is 0 Å². The predicted octanol–water partition coefficient (Wildman–Crippen LogP) is 1.67. The lowest BCUT2D eigenvalue weighted by Gasteiger charge is -2.19. The summed E-state index contributed by atoms with van der Waals surface area (Å²) in [5.74, 6) is -0.282. The van der Waals surface area contributed by atoms with Crippen LogP contribution < -0.4 is 11.1 Å². The summed E-state index contributed by atoms with van der Waals surface area (Å²) in [6.07, 6.45) is 0.558. The molecule has 0 saturated carbocycles. The van der Waals surface area contributed by atoms with Gasteiger partial charge in [-0.25, -0.2) is 0 Å². The first-order valence-corrected chi connectivity index (χ1v) is 6.63.